The lowest BCUT2D eigenvalue weighted by Gasteiger charge is -2.05. The zero-order valence-corrected chi connectivity index (χ0v) is 9.87. The highest BCUT2D eigenvalue weighted by Gasteiger charge is 2.02. The van der Waals surface area contributed by atoms with Crippen molar-refractivity contribution >= 4 is 16.7 Å². The number of hydrogen-bond acceptors (Lipinski definition) is 3. The number of aromatic nitrogens is 4. The average Bonchev–Trinajstić information content (AvgIpc) is 2.90. The van der Waals surface area contributed by atoms with E-state index >= 15 is 0 Å². The molecular weight excluding hydrogens is 230 g/mol. The Hall–Kier alpha value is -2.50. The molecule has 92 valence electrons. The maximum absolute atomic E-state index is 11.1. The maximum atomic E-state index is 11.1. The van der Waals surface area contributed by atoms with Gasteiger partial charge in [-0.25, -0.2) is 9.78 Å². The van der Waals surface area contributed by atoms with Gasteiger partial charge < -0.3 is 20.3 Å². The molecular formula is C12H13N5O. The summed E-state index contributed by atoms with van der Waals surface area (Å²) in [6.07, 6.45) is 1.68. The zero-order valence-electron chi connectivity index (χ0n) is 9.87. The van der Waals surface area contributed by atoms with Crippen LogP contribution in [0.2, 0.25) is 0 Å². The second-order valence-electron chi connectivity index (χ2n) is 4.17. The molecule has 0 bridgehead atoms. The van der Waals surface area contributed by atoms with Crippen LogP contribution >= 0.6 is 0 Å². The summed E-state index contributed by atoms with van der Waals surface area (Å²) >= 11 is 0. The predicted molar refractivity (Wildman–Crippen MR) is 69.6 cm³/mol. The number of rotatable bonds is 3. The third-order valence-corrected chi connectivity index (χ3v) is 2.91. The maximum Gasteiger partial charge on any atom is 0.323 e. The van der Waals surface area contributed by atoms with Crippen LogP contribution in [0.25, 0.3) is 11.0 Å². The van der Waals surface area contributed by atoms with Gasteiger partial charge in [0.1, 0.15) is 0 Å². The molecule has 0 aliphatic rings. The first kappa shape index (κ1) is 10.6. The lowest BCUT2D eigenvalue weighted by Crippen LogP contribution is -2.01. The zero-order chi connectivity index (χ0) is 12.5. The smallest absolute Gasteiger partial charge is 0.323 e. The molecule has 18 heavy (non-hydrogen) atoms. The number of nitrogens with zero attached hydrogens (tertiary/aromatic N) is 1. The van der Waals surface area contributed by atoms with Crippen LogP contribution in [0.3, 0.4) is 0 Å². The summed E-state index contributed by atoms with van der Waals surface area (Å²) in [5.74, 6) is 0. The van der Waals surface area contributed by atoms with Gasteiger partial charge in [-0.05, 0) is 25.1 Å². The molecule has 0 saturated carbocycles. The van der Waals surface area contributed by atoms with Crippen molar-refractivity contribution in [3.63, 3.8) is 0 Å². The summed E-state index contributed by atoms with van der Waals surface area (Å²) in [7, 11) is 0. The van der Waals surface area contributed by atoms with Gasteiger partial charge in [0, 0.05) is 11.4 Å². The summed E-state index contributed by atoms with van der Waals surface area (Å²) in [6.45, 7) is 2.63. The molecule has 0 radical (unpaired) electrons. The van der Waals surface area contributed by atoms with Crippen molar-refractivity contribution in [2.75, 3.05) is 5.32 Å². The van der Waals surface area contributed by atoms with E-state index in [9.17, 15) is 4.79 Å². The lowest BCUT2D eigenvalue weighted by atomic mass is 10.2. The van der Waals surface area contributed by atoms with E-state index in [4.69, 9.17) is 0 Å². The fourth-order valence-corrected chi connectivity index (χ4v) is 1.89. The van der Waals surface area contributed by atoms with Crippen molar-refractivity contribution < 1.29 is 0 Å². The fraction of sp³-hybridized carbons (Fsp3) is 0.167. The molecule has 0 aliphatic carbocycles. The largest absolute Gasteiger partial charge is 0.379 e. The lowest BCUT2D eigenvalue weighted by molar-refractivity contribution is 1.05. The Balaban J connectivity index is 1.82. The molecule has 4 N–H and O–H groups in total. The number of imidazole rings is 2. The highest BCUT2D eigenvalue weighted by molar-refractivity contribution is 5.78. The first-order valence-corrected chi connectivity index (χ1v) is 5.67. The Morgan fingerprint density at radius 2 is 2.11 bits per heavy atom. The minimum atomic E-state index is -0.190. The van der Waals surface area contributed by atoms with Gasteiger partial charge in [0.05, 0.1) is 29.6 Å². The number of nitrogens with one attached hydrogen (secondary N) is 4. The Kier molecular flexibility index (Phi) is 2.40. The summed E-state index contributed by atoms with van der Waals surface area (Å²) in [5, 5.41) is 3.27. The van der Waals surface area contributed by atoms with E-state index in [-0.39, 0.29) is 5.69 Å². The van der Waals surface area contributed by atoms with E-state index in [2.05, 4.69) is 25.3 Å². The van der Waals surface area contributed by atoms with E-state index in [0.29, 0.717) is 6.54 Å². The van der Waals surface area contributed by atoms with Gasteiger partial charge in [0.2, 0.25) is 0 Å². The topological polar surface area (TPSA) is 89.4 Å². The number of aryl methyl sites for hydroxylation is 1. The Morgan fingerprint density at radius 3 is 2.89 bits per heavy atom. The van der Waals surface area contributed by atoms with Gasteiger partial charge in [-0.3, -0.25) is 0 Å². The minimum Gasteiger partial charge on any atom is -0.379 e. The highest BCUT2D eigenvalue weighted by Crippen LogP contribution is 2.15. The predicted octanol–water partition coefficient (Wildman–Crippen LogP) is 1.50. The van der Waals surface area contributed by atoms with E-state index in [0.717, 1.165) is 28.1 Å². The highest BCUT2D eigenvalue weighted by atomic mass is 16.1. The third-order valence-electron chi connectivity index (χ3n) is 2.91. The SMILES string of the molecule is Cc1[nH]cnc1CNc1ccc2[nH]c(=O)[nH]c2c1. The molecule has 0 aliphatic heterocycles. The van der Waals surface area contributed by atoms with Gasteiger partial charge in [-0.2, -0.15) is 0 Å². The molecule has 6 heteroatoms. The first-order valence-electron chi connectivity index (χ1n) is 5.67. The normalized spacial score (nSPS) is 10.9. The third kappa shape index (κ3) is 1.88. The number of aromatic amines is 3. The van der Waals surface area contributed by atoms with E-state index < -0.39 is 0 Å². The standard InChI is InChI=1S/C12H13N5O/c1-7-11(15-6-14-7)5-13-8-2-3-9-10(4-8)17-12(18)16-9/h2-4,6,13H,5H2,1H3,(H,14,15)(H2,16,17,18). The van der Waals surface area contributed by atoms with Crippen LogP contribution in [-0.2, 0) is 6.54 Å². The van der Waals surface area contributed by atoms with Crippen LogP contribution in [0, 0.1) is 6.92 Å². The number of hydrogen-bond donors (Lipinski definition) is 4. The molecule has 3 aromatic rings. The van der Waals surface area contributed by atoms with Crippen LogP contribution in [0.1, 0.15) is 11.4 Å². The van der Waals surface area contributed by atoms with Crippen LogP contribution in [0.15, 0.2) is 29.3 Å². The van der Waals surface area contributed by atoms with Gasteiger partial charge >= 0.3 is 5.69 Å². The van der Waals surface area contributed by atoms with Crippen LogP contribution in [-0.4, -0.2) is 19.9 Å². The molecule has 0 spiro atoms. The van der Waals surface area contributed by atoms with Crippen LogP contribution in [0.4, 0.5) is 5.69 Å². The molecule has 0 fully saturated rings. The Labute approximate surface area is 102 Å². The van der Waals surface area contributed by atoms with E-state index in [1.807, 2.05) is 25.1 Å². The molecule has 0 amide bonds. The fourth-order valence-electron chi connectivity index (χ4n) is 1.89. The Morgan fingerprint density at radius 1 is 1.28 bits per heavy atom. The summed E-state index contributed by atoms with van der Waals surface area (Å²) in [6, 6.07) is 5.69. The molecule has 1 aromatic carbocycles. The minimum absolute atomic E-state index is 0.190. The van der Waals surface area contributed by atoms with Crippen LogP contribution in [0.5, 0.6) is 0 Å². The summed E-state index contributed by atoms with van der Waals surface area (Å²) in [5.41, 5.74) is 4.40. The molecule has 0 atom stereocenters. The van der Waals surface area contributed by atoms with Crippen molar-refractivity contribution in [3.05, 3.63) is 46.4 Å². The first-order chi connectivity index (χ1) is 8.72. The number of H-pyrrole nitrogens is 3. The molecule has 2 heterocycles. The van der Waals surface area contributed by atoms with Crippen LogP contribution < -0.4 is 11.0 Å². The molecule has 0 saturated heterocycles. The molecule has 3 rings (SSSR count). The monoisotopic (exact) mass is 243 g/mol. The van der Waals surface area contributed by atoms with Crippen molar-refractivity contribution in [2.45, 2.75) is 13.5 Å². The second kappa shape index (κ2) is 4.06. The van der Waals surface area contributed by atoms with Crippen molar-refractivity contribution in [1.29, 1.82) is 0 Å². The van der Waals surface area contributed by atoms with Gasteiger partial charge in [0.15, 0.2) is 0 Å². The van der Waals surface area contributed by atoms with Crippen molar-refractivity contribution in [1.82, 2.24) is 19.9 Å². The van der Waals surface area contributed by atoms with Crippen molar-refractivity contribution in [3.8, 4) is 0 Å². The number of fused-ring (bicyclic) bond motifs is 1. The van der Waals surface area contributed by atoms with Gasteiger partial charge in [-0.15, -0.1) is 0 Å². The molecule has 0 unspecified atom stereocenters. The van der Waals surface area contributed by atoms with Gasteiger partial charge in [0.25, 0.3) is 0 Å². The molecule has 2 aromatic heterocycles. The Bertz CT molecular complexity index is 736. The number of benzene rings is 1. The van der Waals surface area contributed by atoms with E-state index in [1.54, 1.807) is 6.33 Å². The quantitative estimate of drug-likeness (QED) is 0.562. The average molecular weight is 243 g/mol. The van der Waals surface area contributed by atoms with Gasteiger partial charge in [-0.1, -0.05) is 0 Å². The summed E-state index contributed by atoms with van der Waals surface area (Å²) in [4.78, 5) is 23.8. The van der Waals surface area contributed by atoms with Crippen molar-refractivity contribution in [2.24, 2.45) is 0 Å². The summed E-state index contributed by atoms with van der Waals surface area (Å²) < 4.78 is 0. The number of anilines is 1. The second-order valence-corrected chi connectivity index (χ2v) is 4.17. The van der Waals surface area contributed by atoms with E-state index in [1.165, 1.54) is 0 Å². The molecule has 6 nitrogen and oxygen atoms in total.